The molecule has 3 unspecified atom stereocenters. The minimum atomic E-state index is 0.678. The van der Waals surface area contributed by atoms with Crippen LogP contribution in [0.1, 0.15) is 44.9 Å². The molecule has 1 aromatic rings. The van der Waals surface area contributed by atoms with E-state index < -0.39 is 0 Å². The van der Waals surface area contributed by atoms with Crippen molar-refractivity contribution in [1.29, 1.82) is 0 Å². The molecule has 0 saturated heterocycles. The Balaban J connectivity index is 1.58. The number of nitrogens with one attached hydrogen (secondary N) is 2. The standard InChI is InChI=1S/C13H21N3/c1-2-4-11-7-12(6-5-10(11)3-1)16-13-8-14-15-9-13/h8-12,16H,1-7H2,(H,14,15). The van der Waals surface area contributed by atoms with Crippen LogP contribution in [0.3, 0.4) is 0 Å². The molecular weight excluding hydrogens is 198 g/mol. The SMILES string of the molecule is c1n[nH]cc1NC1CCC2CCCCC2C1. The molecule has 3 heteroatoms. The van der Waals surface area contributed by atoms with Gasteiger partial charge in [0.2, 0.25) is 0 Å². The van der Waals surface area contributed by atoms with Crippen LogP contribution in [-0.2, 0) is 0 Å². The van der Waals surface area contributed by atoms with Gasteiger partial charge in [0.05, 0.1) is 11.9 Å². The van der Waals surface area contributed by atoms with Gasteiger partial charge in [0.15, 0.2) is 0 Å². The fourth-order valence-electron chi connectivity index (χ4n) is 3.57. The largest absolute Gasteiger partial charge is 0.380 e. The fourth-order valence-corrected chi connectivity index (χ4v) is 3.57. The second kappa shape index (κ2) is 4.48. The highest BCUT2D eigenvalue weighted by molar-refractivity contribution is 5.38. The normalized spacial score (nSPS) is 34.4. The molecule has 2 fully saturated rings. The van der Waals surface area contributed by atoms with Crippen LogP contribution in [0, 0.1) is 11.8 Å². The highest BCUT2D eigenvalue weighted by Crippen LogP contribution is 2.40. The number of anilines is 1. The molecule has 0 aromatic carbocycles. The lowest BCUT2D eigenvalue weighted by atomic mass is 9.69. The number of H-pyrrole nitrogens is 1. The molecule has 88 valence electrons. The molecular formula is C13H21N3. The van der Waals surface area contributed by atoms with Crippen LogP contribution >= 0.6 is 0 Å². The van der Waals surface area contributed by atoms with Crippen LogP contribution in [0.15, 0.2) is 12.4 Å². The third-order valence-electron chi connectivity index (χ3n) is 4.41. The Morgan fingerprint density at radius 2 is 2.00 bits per heavy atom. The molecule has 0 amide bonds. The average molecular weight is 219 g/mol. The van der Waals surface area contributed by atoms with Gasteiger partial charge in [0.25, 0.3) is 0 Å². The maximum absolute atomic E-state index is 3.98. The Labute approximate surface area is 97.0 Å². The maximum Gasteiger partial charge on any atom is 0.0725 e. The quantitative estimate of drug-likeness (QED) is 0.802. The fraction of sp³-hybridized carbons (Fsp3) is 0.769. The van der Waals surface area contributed by atoms with Crippen molar-refractivity contribution in [3.05, 3.63) is 12.4 Å². The minimum Gasteiger partial charge on any atom is -0.380 e. The van der Waals surface area contributed by atoms with Gasteiger partial charge >= 0.3 is 0 Å². The van der Waals surface area contributed by atoms with Crippen molar-refractivity contribution in [2.24, 2.45) is 11.8 Å². The zero-order chi connectivity index (χ0) is 10.8. The van der Waals surface area contributed by atoms with Gasteiger partial charge in [-0.15, -0.1) is 0 Å². The molecule has 3 nitrogen and oxygen atoms in total. The summed E-state index contributed by atoms with van der Waals surface area (Å²) in [7, 11) is 0. The van der Waals surface area contributed by atoms with Crippen LogP contribution in [0.4, 0.5) is 5.69 Å². The van der Waals surface area contributed by atoms with Crippen LogP contribution in [0.2, 0.25) is 0 Å². The van der Waals surface area contributed by atoms with E-state index in [1.54, 1.807) is 0 Å². The highest BCUT2D eigenvalue weighted by atomic mass is 15.1. The molecule has 2 aliphatic rings. The molecule has 16 heavy (non-hydrogen) atoms. The molecule has 3 rings (SSSR count). The Hall–Kier alpha value is -0.990. The van der Waals surface area contributed by atoms with Gasteiger partial charge in [-0.3, -0.25) is 5.10 Å². The van der Waals surface area contributed by atoms with Gasteiger partial charge in [-0.2, -0.15) is 5.10 Å². The Morgan fingerprint density at radius 1 is 1.12 bits per heavy atom. The molecule has 0 aliphatic heterocycles. The maximum atomic E-state index is 3.98. The first-order chi connectivity index (χ1) is 7.92. The highest BCUT2D eigenvalue weighted by Gasteiger charge is 2.31. The van der Waals surface area contributed by atoms with Crippen LogP contribution < -0.4 is 5.32 Å². The van der Waals surface area contributed by atoms with Crippen molar-refractivity contribution >= 4 is 5.69 Å². The third-order valence-corrected chi connectivity index (χ3v) is 4.41. The Bertz CT molecular complexity index is 320. The van der Waals surface area contributed by atoms with E-state index in [0.717, 1.165) is 17.5 Å². The molecule has 3 atom stereocenters. The number of aromatic nitrogens is 2. The molecule has 1 aromatic heterocycles. The summed E-state index contributed by atoms with van der Waals surface area (Å²) in [6.07, 6.45) is 13.9. The molecule has 2 N–H and O–H groups in total. The van der Waals surface area contributed by atoms with Crippen LogP contribution in [0.25, 0.3) is 0 Å². The predicted molar refractivity (Wildman–Crippen MR) is 65.3 cm³/mol. The van der Waals surface area contributed by atoms with Gasteiger partial charge in [-0.25, -0.2) is 0 Å². The van der Waals surface area contributed by atoms with E-state index in [4.69, 9.17) is 0 Å². The van der Waals surface area contributed by atoms with E-state index in [1.807, 2.05) is 12.4 Å². The summed E-state index contributed by atoms with van der Waals surface area (Å²) in [5.74, 6) is 2.03. The first kappa shape index (κ1) is 10.2. The van der Waals surface area contributed by atoms with E-state index in [9.17, 15) is 0 Å². The van der Waals surface area contributed by atoms with E-state index in [0.29, 0.717) is 6.04 Å². The van der Waals surface area contributed by atoms with Gasteiger partial charge in [-0.1, -0.05) is 25.7 Å². The summed E-state index contributed by atoms with van der Waals surface area (Å²) in [5.41, 5.74) is 1.15. The van der Waals surface area contributed by atoms with Gasteiger partial charge in [0.1, 0.15) is 0 Å². The Kier molecular flexibility index (Phi) is 2.85. The van der Waals surface area contributed by atoms with E-state index in [-0.39, 0.29) is 0 Å². The van der Waals surface area contributed by atoms with Crippen LogP contribution in [0.5, 0.6) is 0 Å². The van der Waals surface area contributed by atoms with Crippen molar-refractivity contribution < 1.29 is 0 Å². The smallest absolute Gasteiger partial charge is 0.0725 e. The zero-order valence-corrected chi connectivity index (χ0v) is 9.78. The first-order valence-electron chi connectivity index (χ1n) is 6.67. The molecule has 0 radical (unpaired) electrons. The van der Waals surface area contributed by atoms with E-state index >= 15 is 0 Å². The lowest BCUT2D eigenvalue weighted by molar-refractivity contribution is 0.162. The molecule has 1 heterocycles. The molecule has 0 spiro atoms. The molecule has 0 bridgehead atoms. The van der Waals surface area contributed by atoms with Gasteiger partial charge in [-0.05, 0) is 31.1 Å². The number of fused-ring (bicyclic) bond motifs is 1. The lowest BCUT2D eigenvalue weighted by Gasteiger charge is -2.39. The van der Waals surface area contributed by atoms with Crippen molar-refractivity contribution in [2.75, 3.05) is 5.32 Å². The number of nitrogens with zero attached hydrogens (tertiary/aromatic N) is 1. The summed E-state index contributed by atoms with van der Waals surface area (Å²) in [6.45, 7) is 0. The lowest BCUT2D eigenvalue weighted by Crippen LogP contribution is -2.34. The van der Waals surface area contributed by atoms with Crippen molar-refractivity contribution in [2.45, 2.75) is 51.0 Å². The second-order valence-corrected chi connectivity index (χ2v) is 5.45. The van der Waals surface area contributed by atoms with Crippen molar-refractivity contribution in [3.8, 4) is 0 Å². The summed E-state index contributed by atoms with van der Waals surface area (Å²) in [6, 6.07) is 0.678. The Morgan fingerprint density at radius 3 is 2.81 bits per heavy atom. The number of hydrogen-bond acceptors (Lipinski definition) is 2. The first-order valence-corrected chi connectivity index (χ1v) is 6.67. The third kappa shape index (κ3) is 2.08. The second-order valence-electron chi connectivity index (χ2n) is 5.45. The molecule has 2 aliphatic carbocycles. The number of rotatable bonds is 2. The van der Waals surface area contributed by atoms with Crippen molar-refractivity contribution in [3.63, 3.8) is 0 Å². The monoisotopic (exact) mass is 219 g/mol. The number of aromatic amines is 1. The summed E-state index contributed by atoms with van der Waals surface area (Å²) in [5, 5.41) is 10.4. The number of hydrogen-bond donors (Lipinski definition) is 2. The van der Waals surface area contributed by atoms with Crippen LogP contribution in [-0.4, -0.2) is 16.2 Å². The average Bonchev–Trinajstić information content (AvgIpc) is 2.82. The molecule has 2 saturated carbocycles. The zero-order valence-electron chi connectivity index (χ0n) is 9.78. The van der Waals surface area contributed by atoms with Gasteiger partial charge < -0.3 is 5.32 Å². The van der Waals surface area contributed by atoms with E-state index in [2.05, 4.69) is 15.5 Å². The van der Waals surface area contributed by atoms with Gasteiger partial charge in [0, 0.05) is 12.2 Å². The topological polar surface area (TPSA) is 40.7 Å². The summed E-state index contributed by atoms with van der Waals surface area (Å²) >= 11 is 0. The minimum absolute atomic E-state index is 0.678. The predicted octanol–water partition coefficient (Wildman–Crippen LogP) is 3.18. The summed E-state index contributed by atoms with van der Waals surface area (Å²) < 4.78 is 0. The summed E-state index contributed by atoms with van der Waals surface area (Å²) in [4.78, 5) is 0. The van der Waals surface area contributed by atoms with Crippen molar-refractivity contribution in [1.82, 2.24) is 10.2 Å². The van der Waals surface area contributed by atoms with E-state index in [1.165, 1.54) is 44.9 Å².